The quantitative estimate of drug-likeness (QED) is 0.583. The second-order valence-electron chi connectivity index (χ2n) is 3.08. The first-order valence-corrected chi connectivity index (χ1v) is 3.52. The first kappa shape index (κ1) is 6.09. The summed E-state index contributed by atoms with van der Waals surface area (Å²) in [5.41, 5.74) is 0. The Morgan fingerprint density at radius 2 is 2.12 bits per heavy atom. The van der Waals surface area contributed by atoms with Gasteiger partial charge in [-0.25, -0.2) is 0 Å². The summed E-state index contributed by atoms with van der Waals surface area (Å²) in [5, 5.41) is 3.46. The van der Waals surface area contributed by atoms with Crippen molar-refractivity contribution in [1.82, 2.24) is 5.32 Å². The molecule has 0 spiro atoms. The molecule has 0 radical (unpaired) electrons. The molecule has 1 aliphatic rings. The first-order valence-electron chi connectivity index (χ1n) is 3.52. The number of hydrogen-bond acceptors (Lipinski definition) is 1. The van der Waals surface area contributed by atoms with E-state index in [1.54, 1.807) is 0 Å². The molecule has 1 rings (SSSR count). The van der Waals surface area contributed by atoms with E-state index in [9.17, 15) is 0 Å². The predicted octanol–water partition coefficient (Wildman–Crippen LogP) is 1.39. The molecule has 1 N–H and O–H groups in total. The van der Waals surface area contributed by atoms with E-state index >= 15 is 0 Å². The molecule has 0 atom stereocenters. The minimum Gasteiger partial charge on any atom is -0.314 e. The van der Waals surface area contributed by atoms with Crippen molar-refractivity contribution in [2.24, 2.45) is 5.92 Å². The molecule has 1 nitrogen and oxygen atoms in total. The van der Waals surface area contributed by atoms with Crippen LogP contribution in [0.25, 0.3) is 0 Å². The van der Waals surface area contributed by atoms with Gasteiger partial charge < -0.3 is 5.32 Å². The zero-order valence-electron chi connectivity index (χ0n) is 5.78. The van der Waals surface area contributed by atoms with Crippen LogP contribution in [0.3, 0.4) is 0 Å². The number of rotatable bonds is 3. The lowest BCUT2D eigenvalue weighted by atomic mass is 10.2. The molecule has 0 bridgehead atoms. The molecule has 1 fully saturated rings. The van der Waals surface area contributed by atoms with Gasteiger partial charge in [-0.05, 0) is 25.3 Å². The van der Waals surface area contributed by atoms with E-state index in [2.05, 4.69) is 19.2 Å². The van der Waals surface area contributed by atoms with Crippen LogP contribution < -0.4 is 5.32 Å². The molecule has 0 heterocycles. The highest BCUT2D eigenvalue weighted by atomic mass is 14.9. The summed E-state index contributed by atoms with van der Waals surface area (Å²) in [6.45, 7) is 5.69. The van der Waals surface area contributed by atoms with E-state index in [0.29, 0.717) is 0 Å². The normalized spacial score (nSPS) is 19.9. The lowest BCUT2D eigenvalue weighted by molar-refractivity contribution is 0.550. The molecular formula is C7H15N. The Hall–Kier alpha value is -0.0400. The van der Waals surface area contributed by atoms with E-state index in [1.165, 1.54) is 19.4 Å². The maximum Gasteiger partial charge on any atom is 0.00683 e. The second kappa shape index (κ2) is 2.49. The van der Waals surface area contributed by atoms with E-state index in [4.69, 9.17) is 0 Å². The van der Waals surface area contributed by atoms with Crippen molar-refractivity contribution in [3.8, 4) is 0 Å². The van der Waals surface area contributed by atoms with Gasteiger partial charge in [-0.15, -0.1) is 0 Å². The first-order chi connectivity index (χ1) is 3.79. The van der Waals surface area contributed by atoms with E-state index in [-0.39, 0.29) is 0 Å². The predicted molar refractivity (Wildman–Crippen MR) is 35.9 cm³/mol. The molecule has 0 aromatic carbocycles. The van der Waals surface area contributed by atoms with Gasteiger partial charge in [-0.2, -0.15) is 0 Å². The fraction of sp³-hybridized carbons (Fsp3) is 1.00. The average Bonchev–Trinajstić information content (AvgIpc) is 2.41. The molecule has 0 unspecified atom stereocenters. The van der Waals surface area contributed by atoms with Gasteiger partial charge in [0, 0.05) is 6.04 Å². The van der Waals surface area contributed by atoms with Gasteiger partial charge in [0.1, 0.15) is 0 Å². The van der Waals surface area contributed by atoms with Crippen molar-refractivity contribution in [2.45, 2.75) is 32.7 Å². The summed E-state index contributed by atoms with van der Waals surface area (Å²) < 4.78 is 0. The van der Waals surface area contributed by atoms with Crippen molar-refractivity contribution in [3.05, 3.63) is 0 Å². The summed E-state index contributed by atoms with van der Waals surface area (Å²) in [6.07, 6.45) is 2.82. The third kappa shape index (κ3) is 2.31. The molecular weight excluding hydrogens is 98.1 g/mol. The lowest BCUT2D eigenvalue weighted by Crippen LogP contribution is -2.21. The molecule has 1 saturated carbocycles. The monoisotopic (exact) mass is 113 g/mol. The molecule has 0 aromatic rings. The fourth-order valence-electron chi connectivity index (χ4n) is 0.690. The lowest BCUT2D eigenvalue weighted by Gasteiger charge is -2.03. The third-order valence-corrected chi connectivity index (χ3v) is 1.39. The maximum atomic E-state index is 3.46. The zero-order valence-corrected chi connectivity index (χ0v) is 5.78. The van der Waals surface area contributed by atoms with Gasteiger partial charge in [0.05, 0.1) is 0 Å². The Balaban J connectivity index is 1.87. The molecule has 0 aromatic heterocycles. The topological polar surface area (TPSA) is 12.0 Å². The van der Waals surface area contributed by atoms with Crippen LogP contribution in [0.15, 0.2) is 0 Å². The summed E-state index contributed by atoms with van der Waals surface area (Å²) in [5.74, 6) is 0.815. The van der Waals surface area contributed by atoms with Crippen molar-refractivity contribution in [2.75, 3.05) is 6.54 Å². The van der Waals surface area contributed by atoms with Crippen LogP contribution in [-0.2, 0) is 0 Å². The standard InChI is InChI=1S/C7H15N/c1-6(2)5-8-7-3-4-7/h6-8H,3-5H2,1-2H3. The van der Waals surface area contributed by atoms with Gasteiger partial charge in [0.15, 0.2) is 0 Å². The van der Waals surface area contributed by atoms with Crippen LogP contribution >= 0.6 is 0 Å². The number of hydrogen-bond donors (Lipinski definition) is 1. The Kier molecular flexibility index (Phi) is 1.90. The van der Waals surface area contributed by atoms with Gasteiger partial charge in [0.2, 0.25) is 0 Å². The van der Waals surface area contributed by atoms with E-state index in [1.807, 2.05) is 0 Å². The van der Waals surface area contributed by atoms with Crippen LogP contribution in [0.1, 0.15) is 26.7 Å². The minimum absolute atomic E-state index is 0.815. The largest absolute Gasteiger partial charge is 0.314 e. The molecule has 48 valence electrons. The Morgan fingerprint density at radius 1 is 1.50 bits per heavy atom. The summed E-state index contributed by atoms with van der Waals surface area (Å²) in [6, 6.07) is 0.886. The van der Waals surface area contributed by atoms with Crippen molar-refractivity contribution in [1.29, 1.82) is 0 Å². The minimum atomic E-state index is 0.815. The zero-order chi connectivity index (χ0) is 5.98. The van der Waals surface area contributed by atoms with Gasteiger partial charge in [0.25, 0.3) is 0 Å². The smallest absolute Gasteiger partial charge is 0.00683 e. The van der Waals surface area contributed by atoms with Gasteiger partial charge >= 0.3 is 0 Å². The van der Waals surface area contributed by atoms with Crippen LogP contribution in [0.5, 0.6) is 0 Å². The molecule has 1 aliphatic carbocycles. The Labute approximate surface area is 51.5 Å². The second-order valence-corrected chi connectivity index (χ2v) is 3.08. The summed E-state index contributed by atoms with van der Waals surface area (Å²) in [4.78, 5) is 0. The molecule has 0 aliphatic heterocycles. The van der Waals surface area contributed by atoms with E-state index < -0.39 is 0 Å². The SMILES string of the molecule is CC(C)CNC1CC1. The van der Waals surface area contributed by atoms with Gasteiger partial charge in [-0.3, -0.25) is 0 Å². The van der Waals surface area contributed by atoms with Crippen LogP contribution in [0.4, 0.5) is 0 Å². The van der Waals surface area contributed by atoms with Crippen LogP contribution in [-0.4, -0.2) is 12.6 Å². The molecule has 0 saturated heterocycles. The van der Waals surface area contributed by atoms with Crippen molar-refractivity contribution in [3.63, 3.8) is 0 Å². The van der Waals surface area contributed by atoms with Crippen LogP contribution in [0.2, 0.25) is 0 Å². The highest BCUT2D eigenvalue weighted by Crippen LogP contribution is 2.18. The Bertz CT molecular complexity index is 62.8. The van der Waals surface area contributed by atoms with Crippen molar-refractivity contribution < 1.29 is 0 Å². The van der Waals surface area contributed by atoms with E-state index in [0.717, 1.165) is 12.0 Å². The average molecular weight is 113 g/mol. The highest BCUT2D eigenvalue weighted by molar-refractivity contribution is 4.80. The third-order valence-electron chi connectivity index (χ3n) is 1.39. The maximum absolute atomic E-state index is 3.46. The summed E-state index contributed by atoms with van der Waals surface area (Å²) >= 11 is 0. The highest BCUT2D eigenvalue weighted by Gasteiger charge is 2.19. The van der Waals surface area contributed by atoms with Crippen LogP contribution in [0, 0.1) is 5.92 Å². The van der Waals surface area contributed by atoms with Crippen molar-refractivity contribution >= 4 is 0 Å². The molecule has 8 heavy (non-hydrogen) atoms. The van der Waals surface area contributed by atoms with Gasteiger partial charge in [-0.1, -0.05) is 13.8 Å². The fourth-order valence-corrected chi connectivity index (χ4v) is 0.690. The number of nitrogens with one attached hydrogen (secondary N) is 1. The Morgan fingerprint density at radius 3 is 2.50 bits per heavy atom. The molecule has 1 heteroatoms. The molecule has 0 amide bonds. The summed E-state index contributed by atoms with van der Waals surface area (Å²) in [7, 11) is 0.